The number of hydrogen-bond acceptors (Lipinski definition) is 6. The number of carbonyl (C=O) groups is 1. The molecule has 1 atom stereocenters. The van der Waals surface area contributed by atoms with E-state index in [4.69, 9.17) is 9.47 Å². The molecule has 0 fully saturated rings. The minimum atomic E-state index is -4.46. The standard InChI is InChI=1S/C15H13F3N4O5/c16-15(17,18)9-1-3-10(4-2-9)19-14(23)26-8-11-5-6-21-7-12(22(24)25)20-13(21)27-11/h1-4,7,11H,5-6,8H2,(H,19,23)/t11-/m1/s1. The van der Waals surface area contributed by atoms with E-state index >= 15 is 0 Å². The average Bonchev–Trinajstić information content (AvgIpc) is 3.03. The molecule has 0 radical (unpaired) electrons. The van der Waals surface area contributed by atoms with Gasteiger partial charge in [-0.3, -0.25) is 9.88 Å². The van der Waals surface area contributed by atoms with Crippen molar-refractivity contribution in [3.8, 4) is 6.01 Å². The van der Waals surface area contributed by atoms with Gasteiger partial charge in [0.15, 0.2) is 0 Å². The lowest BCUT2D eigenvalue weighted by Gasteiger charge is -2.21. The number of amides is 1. The Balaban J connectivity index is 1.50. The molecule has 2 heterocycles. The van der Waals surface area contributed by atoms with Crippen LogP contribution in [0.15, 0.2) is 30.5 Å². The van der Waals surface area contributed by atoms with Crippen LogP contribution >= 0.6 is 0 Å². The highest BCUT2D eigenvalue weighted by Crippen LogP contribution is 2.30. The Morgan fingerprint density at radius 2 is 2.11 bits per heavy atom. The summed E-state index contributed by atoms with van der Waals surface area (Å²) in [6.07, 6.45) is -4.17. The van der Waals surface area contributed by atoms with Crippen LogP contribution < -0.4 is 10.1 Å². The molecule has 2 aromatic rings. The van der Waals surface area contributed by atoms with Crippen LogP contribution in [0.5, 0.6) is 6.01 Å². The first-order valence-corrected chi connectivity index (χ1v) is 7.71. The molecule has 1 aliphatic heterocycles. The van der Waals surface area contributed by atoms with Crippen LogP contribution in [0.25, 0.3) is 0 Å². The maximum atomic E-state index is 12.5. The average molecular weight is 386 g/mol. The van der Waals surface area contributed by atoms with Crippen molar-refractivity contribution >= 4 is 17.6 Å². The number of hydrogen-bond donors (Lipinski definition) is 1. The smallest absolute Gasteiger partial charge is 0.416 e. The van der Waals surface area contributed by atoms with Gasteiger partial charge in [-0.2, -0.15) is 13.2 Å². The number of aromatic nitrogens is 2. The molecule has 12 heteroatoms. The van der Waals surface area contributed by atoms with Crippen LogP contribution in [0.1, 0.15) is 12.0 Å². The lowest BCUT2D eigenvalue weighted by atomic mass is 10.2. The minimum absolute atomic E-state index is 0.0599. The third kappa shape index (κ3) is 4.46. The first-order valence-electron chi connectivity index (χ1n) is 7.71. The highest BCUT2D eigenvalue weighted by molar-refractivity contribution is 5.84. The zero-order chi connectivity index (χ0) is 19.6. The van der Waals surface area contributed by atoms with Crippen molar-refractivity contribution in [1.29, 1.82) is 0 Å². The molecular weight excluding hydrogens is 373 g/mol. The van der Waals surface area contributed by atoms with Gasteiger partial charge in [-0.1, -0.05) is 0 Å². The second kappa shape index (κ2) is 7.13. The first kappa shape index (κ1) is 18.5. The van der Waals surface area contributed by atoms with Gasteiger partial charge in [0.25, 0.3) is 0 Å². The van der Waals surface area contributed by atoms with Gasteiger partial charge in [-0.15, -0.1) is 0 Å². The van der Waals surface area contributed by atoms with E-state index in [0.717, 1.165) is 24.3 Å². The molecule has 9 nitrogen and oxygen atoms in total. The Morgan fingerprint density at radius 1 is 1.41 bits per heavy atom. The van der Waals surface area contributed by atoms with Gasteiger partial charge in [0.2, 0.25) is 0 Å². The van der Waals surface area contributed by atoms with Gasteiger partial charge < -0.3 is 19.6 Å². The second-order valence-electron chi connectivity index (χ2n) is 5.66. The number of carbonyl (C=O) groups excluding carboxylic acids is 1. The van der Waals surface area contributed by atoms with Crippen LogP contribution in [0, 0.1) is 10.1 Å². The summed E-state index contributed by atoms with van der Waals surface area (Å²) in [6.45, 7) is 0.262. The van der Waals surface area contributed by atoms with Gasteiger partial charge >= 0.3 is 24.1 Å². The molecule has 0 saturated heterocycles. The van der Waals surface area contributed by atoms with Crippen molar-refractivity contribution in [2.24, 2.45) is 0 Å². The molecular formula is C15H13F3N4O5. The van der Waals surface area contributed by atoms with Crippen LogP contribution in [-0.2, 0) is 17.5 Å². The fourth-order valence-electron chi connectivity index (χ4n) is 2.40. The van der Waals surface area contributed by atoms with Crippen molar-refractivity contribution in [1.82, 2.24) is 9.55 Å². The maximum absolute atomic E-state index is 12.5. The molecule has 1 aromatic carbocycles. The van der Waals surface area contributed by atoms with Crippen LogP contribution in [0.3, 0.4) is 0 Å². The number of anilines is 1. The number of aryl methyl sites for hydroxylation is 1. The minimum Gasteiger partial charge on any atom is -0.445 e. The molecule has 1 N–H and O–H groups in total. The van der Waals surface area contributed by atoms with Gasteiger partial charge in [0.1, 0.15) is 18.9 Å². The topological polar surface area (TPSA) is 109 Å². The Hall–Kier alpha value is -3.31. The monoisotopic (exact) mass is 386 g/mol. The molecule has 27 heavy (non-hydrogen) atoms. The lowest BCUT2D eigenvalue weighted by molar-refractivity contribution is -0.389. The lowest BCUT2D eigenvalue weighted by Crippen LogP contribution is -2.32. The van der Waals surface area contributed by atoms with Crippen LogP contribution in [0.2, 0.25) is 0 Å². The number of fused-ring (bicyclic) bond motifs is 1. The summed E-state index contributed by atoms with van der Waals surface area (Å²) in [7, 11) is 0. The first-order chi connectivity index (χ1) is 12.7. The zero-order valence-electron chi connectivity index (χ0n) is 13.6. The van der Waals surface area contributed by atoms with E-state index in [2.05, 4.69) is 10.3 Å². The van der Waals surface area contributed by atoms with Crippen molar-refractivity contribution in [3.63, 3.8) is 0 Å². The summed E-state index contributed by atoms with van der Waals surface area (Å²) in [5, 5.41) is 13.0. The van der Waals surface area contributed by atoms with Gasteiger partial charge in [0, 0.05) is 23.6 Å². The molecule has 0 unspecified atom stereocenters. The third-order valence-electron chi connectivity index (χ3n) is 3.74. The van der Waals surface area contributed by atoms with Crippen molar-refractivity contribution in [2.45, 2.75) is 25.2 Å². The van der Waals surface area contributed by atoms with Crippen LogP contribution in [-0.4, -0.2) is 33.3 Å². The molecule has 3 rings (SSSR count). The molecule has 144 valence electrons. The molecule has 0 saturated carbocycles. The summed E-state index contributed by atoms with van der Waals surface area (Å²) < 4.78 is 49.4. The predicted octanol–water partition coefficient (Wildman–Crippen LogP) is 3.21. The number of nitrogens with zero attached hydrogens (tertiary/aromatic N) is 3. The van der Waals surface area contributed by atoms with E-state index in [-0.39, 0.29) is 24.1 Å². The van der Waals surface area contributed by atoms with Gasteiger partial charge in [0.05, 0.1) is 5.56 Å². The Morgan fingerprint density at radius 3 is 2.74 bits per heavy atom. The summed E-state index contributed by atoms with van der Waals surface area (Å²) in [5.41, 5.74) is -0.689. The molecule has 1 amide bonds. The van der Waals surface area contributed by atoms with E-state index in [1.165, 1.54) is 10.8 Å². The predicted molar refractivity (Wildman–Crippen MR) is 84.3 cm³/mol. The number of imidazole rings is 1. The van der Waals surface area contributed by atoms with Crippen molar-refractivity contribution in [2.75, 3.05) is 11.9 Å². The normalized spacial score (nSPS) is 16.2. The van der Waals surface area contributed by atoms with Crippen LogP contribution in [0.4, 0.5) is 29.5 Å². The fourth-order valence-corrected chi connectivity index (χ4v) is 2.40. The number of rotatable bonds is 4. The van der Waals surface area contributed by atoms with Crippen molar-refractivity contribution in [3.05, 3.63) is 46.1 Å². The second-order valence-corrected chi connectivity index (χ2v) is 5.66. The summed E-state index contributed by atoms with van der Waals surface area (Å²) in [4.78, 5) is 25.5. The van der Waals surface area contributed by atoms with E-state index in [1.807, 2.05) is 0 Å². The highest BCUT2D eigenvalue weighted by Gasteiger charge is 2.30. The molecule has 0 bridgehead atoms. The highest BCUT2D eigenvalue weighted by atomic mass is 19.4. The molecule has 1 aromatic heterocycles. The number of benzene rings is 1. The number of halogens is 3. The maximum Gasteiger partial charge on any atom is 0.416 e. The molecule has 1 aliphatic rings. The Labute approximate surface area is 149 Å². The fraction of sp³-hybridized carbons (Fsp3) is 0.333. The Kier molecular flexibility index (Phi) is 4.88. The van der Waals surface area contributed by atoms with E-state index in [9.17, 15) is 28.1 Å². The summed E-state index contributed by atoms with van der Waals surface area (Å²) >= 11 is 0. The number of alkyl halides is 3. The summed E-state index contributed by atoms with van der Waals surface area (Å²) in [6, 6.07) is 3.96. The molecule has 0 aliphatic carbocycles. The number of ether oxygens (including phenoxy) is 2. The third-order valence-corrected chi connectivity index (χ3v) is 3.74. The number of nitro groups is 1. The zero-order valence-corrected chi connectivity index (χ0v) is 13.6. The van der Waals surface area contributed by atoms with Gasteiger partial charge in [-0.25, -0.2) is 4.79 Å². The van der Waals surface area contributed by atoms with E-state index in [0.29, 0.717) is 13.0 Å². The molecule has 0 spiro atoms. The quantitative estimate of drug-likeness (QED) is 0.638. The van der Waals surface area contributed by atoms with E-state index < -0.39 is 28.9 Å². The largest absolute Gasteiger partial charge is 0.445 e. The summed E-state index contributed by atoms with van der Waals surface area (Å²) in [5.74, 6) is -0.341. The van der Waals surface area contributed by atoms with Gasteiger partial charge in [-0.05, 0) is 29.2 Å². The van der Waals surface area contributed by atoms with Crippen molar-refractivity contribution < 1.29 is 32.4 Å². The Bertz CT molecular complexity index is 850. The number of nitrogens with one attached hydrogen (secondary N) is 1. The van der Waals surface area contributed by atoms with E-state index in [1.54, 1.807) is 0 Å². The SMILES string of the molecule is O=C(Nc1ccc(C(F)(F)F)cc1)OC[C@H]1CCn2cc([N+](=O)[O-])nc2O1.